The van der Waals surface area contributed by atoms with Gasteiger partial charge in [-0.1, -0.05) is 25.0 Å². The molecule has 1 saturated heterocycles. The summed E-state index contributed by atoms with van der Waals surface area (Å²) in [6.07, 6.45) is 4.71. The number of hydrogen-bond donors (Lipinski definition) is 2. The summed E-state index contributed by atoms with van der Waals surface area (Å²) in [5, 5.41) is 2.94. The topological polar surface area (TPSA) is 84.7 Å². The van der Waals surface area contributed by atoms with Crippen molar-refractivity contribution in [3.8, 4) is 0 Å². The minimum atomic E-state index is 0.0325. The van der Waals surface area contributed by atoms with Gasteiger partial charge in [-0.05, 0) is 50.9 Å². The summed E-state index contributed by atoms with van der Waals surface area (Å²) in [5.74, 6) is 0.101. The van der Waals surface area contributed by atoms with Gasteiger partial charge in [0.15, 0.2) is 0 Å². The third kappa shape index (κ3) is 7.31. The number of unbranched alkanes of at least 4 members (excludes halogenated alkanes) is 3. The highest BCUT2D eigenvalue weighted by molar-refractivity contribution is 5.94. The lowest BCUT2D eigenvalue weighted by Crippen LogP contribution is -2.48. The Labute approximate surface area is 162 Å². The number of nitrogens with one attached hydrogen (secondary N) is 1. The van der Waals surface area contributed by atoms with Gasteiger partial charge in [-0.2, -0.15) is 0 Å². The Morgan fingerprint density at radius 1 is 1.07 bits per heavy atom. The van der Waals surface area contributed by atoms with Crippen LogP contribution in [0.4, 0.5) is 0 Å². The molecule has 0 aromatic heterocycles. The molecule has 1 aromatic rings. The van der Waals surface area contributed by atoms with Gasteiger partial charge in [0.25, 0.3) is 5.91 Å². The number of hydrogen-bond acceptors (Lipinski definition) is 4. The zero-order chi connectivity index (χ0) is 19.6. The van der Waals surface area contributed by atoms with E-state index in [1.165, 1.54) is 0 Å². The SMILES string of the molecule is CC1CN(C(=O)c2ccc(CNC(=O)CCCCCCN)cc2)CC(C)O1. The first kappa shape index (κ1) is 21.4. The summed E-state index contributed by atoms with van der Waals surface area (Å²) in [4.78, 5) is 26.4. The number of morpholine rings is 1. The Kier molecular flexibility index (Phi) is 8.75. The fourth-order valence-electron chi connectivity index (χ4n) is 3.36. The average molecular weight is 376 g/mol. The van der Waals surface area contributed by atoms with E-state index in [1.807, 2.05) is 43.0 Å². The van der Waals surface area contributed by atoms with Crippen LogP contribution in [0.25, 0.3) is 0 Å². The van der Waals surface area contributed by atoms with Crippen molar-refractivity contribution in [3.63, 3.8) is 0 Å². The zero-order valence-corrected chi connectivity index (χ0v) is 16.6. The van der Waals surface area contributed by atoms with Crippen LogP contribution >= 0.6 is 0 Å². The molecule has 0 saturated carbocycles. The number of carbonyl (C=O) groups excluding carboxylic acids is 2. The third-order valence-corrected chi connectivity index (χ3v) is 4.76. The second-order valence-corrected chi connectivity index (χ2v) is 7.39. The highest BCUT2D eigenvalue weighted by Gasteiger charge is 2.26. The van der Waals surface area contributed by atoms with Gasteiger partial charge in [0.1, 0.15) is 0 Å². The number of benzene rings is 1. The average Bonchev–Trinajstić information content (AvgIpc) is 2.65. The Hall–Kier alpha value is -1.92. The number of amides is 2. The van der Waals surface area contributed by atoms with E-state index in [1.54, 1.807) is 0 Å². The summed E-state index contributed by atoms with van der Waals surface area (Å²) in [5.41, 5.74) is 7.12. The predicted molar refractivity (Wildman–Crippen MR) is 106 cm³/mol. The first-order valence-electron chi connectivity index (χ1n) is 10.00. The first-order chi connectivity index (χ1) is 13.0. The first-order valence-corrected chi connectivity index (χ1v) is 10.00. The largest absolute Gasteiger partial charge is 0.372 e. The van der Waals surface area contributed by atoms with E-state index < -0.39 is 0 Å². The number of rotatable bonds is 9. The third-order valence-electron chi connectivity index (χ3n) is 4.76. The van der Waals surface area contributed by atoms with Crippen LogP contribution in [0.2, 0.25) is 0 Å². The minimum absolute atomic E-state index is 0.0325. The van der Waals surface area contributed by atoms with Crippen LogP contribution in [0.3, 0.4) is 0 Å². The van der Waals surface area contributed by atoms with Crippen LogP contribution < -0.4 is 11.1 Å². The van der Waals surface area contributed by atoms with Crippen molar-refractivity contribution in [1.82, 2.24) is 10.2 Å². The standard InChI is InChI=1S/C21H33N3O3/c1-16-14-24(15-17(2)27-16)21(26)19-10-8-18(9-11-19)13-23-20(25)7-5-3-4-6-12-22/h8-11,16-17H,3-7,12-15,22H2,1-2H3,(H,23,25). The number of carbonyl (C=O) groups is 2. The molecule has 0 radical (unpaired) electrons. The highest BCUT2D eigenvalue weighted by atomic mass is 16.5. The normalized spacial score (nSPS) is 19.7. The summed E-state index contributed by atoms with van der Waals surface area (Å²) in [7, 11) is 0. The van der Waals surface area contributed by atoms with E-state index in [2.05, 4.69) is 5.32 Å². The van der Waals surface area contributed by atoms with E-state index in [-0.39, 0.29) is 24.0 Å². The molecular formula is C21H33N3O3. The summed E-state index contributed by atoms with van der Waals surface area (Å²) < 4.78 is 5.68. The van der Waals surface area contributed by atoms with Crippen LogP contribution in [0.15, 0.2) is 24.3 Å². The van der Waals surface area contributed by atoms with Gasteiger partial charge >= 0.3 is 0 Å². The molecule has 0 spiro atoms. The molecule has 6 nitrogen and oxygen atoms in total. The molecule has 3 N–H and O–H groups in total. The molecule has 1 aromatic carbocycles. The van der Waals surface area contributed by atoms with Gasteiger partial charge in [-0.15, -0.1) is 0 Å². The van der Waals surface area contributed by atoms with Crippen molar-refractivity contribution in [2.24, 2.45) is 5.73 Å². The molecule has 1 aliphatic rings. The molecule has 1 aliphatic heterocycles. The number of ether oxygens (including phenoxy) is 1. The molecule has 27 heavy (non-hydrogen) atoms. The van der Waals surface area contributed by atoms with Crippen molar-refractivity contribution >= 4 is 11.8 Å². The van der Waals surface area contributed by atoms with Crippen molar-refractivity contribution in [1.29, 1.82) is 0 Å². The molecule has 0 aliphatic carbocycles. The molecular weight excluding hydrogens is 342 g/mol. The van der Waals surface area contributed by atoms with Gasteiger partial charge in [-0.3, -0.25) is 9.59 Å². The Balaban J connectivity index is 1.76. The van der Waals surface area contributed by atoms with Crippen LogP contribution in [-0.4, -0.2) is 48.6 Å². The van der Waals surface area contributed by atoms with Crippen LogP contribution in [0.1, 0.15) is 61.9 Å². The van der Waals surface area contributed by atoms with E-state index in [0.717, 1.165) is 31.2 Å². The maximum atomic E-state index is 12.7. The predicted octanol–water partition coefficient (Wildman–Crippen LogP) is 2.46. The maximum Gasteiger partial charge on any atom is 0.254 e. The molecule has 2 rings (SSSR count). The highest BCUT2D eigenvalue weighted by Crippen LogP contribution is 2.15. The van der Waals surface area contributed by atoms with Crippen molar-refractivity contribution in [2.75, 3.05) is 19.6 Å². The lowest BCUT2D eigenvalue weighted by molar-refractivity contribution is -0.121. The van der Waals surface area contributed by atoms with E-state index >= 15 is 0 Å². The van der Waals surface area contributed by atoms with Gasteiger partial charge in [0.2, 0.25) is 5.91 Å². The number of nitrogens with two attached hydrogens (primary N) is 1. The summed E-state index contributed by atoms with van der Waals surface area (Å²) in [6.45, 7) is 6.41. The molecule has 1 fully saturated rings. The molecule has 2 amide bonds. The molecule has 2 unspecified atom stereocenters. The molecule has 0 bridgehead atoms. The lowest BCUT2D eigenvalue weighted by Gasteiger charge is -2.35. The van der Waals surface area contributed by atoms with Crippen LogP contribution in [0.5, 0.6) is 0 Å². The number of nitrogens with zero attached hydrogens (tertiary/aromatic N) is 1. The van der Waals surface area contributed by atoms with Crippen LogP contribution in [-0.2, 0) is 16.1 Å². The lowest BCUT2D eigenvalue weighted by atomic mass is 10.1. The Bertz CT molecular complexity index is 593. The maximum absolute atomic E-state index is 12.7. The van der Waals surface area contributed by atoms with Gasteiger partial charge in [-0.25, -0.2) is 0 Å². The van der Waals surface area contributed by atoms with Crippen LogP contribution in [0, 0.1) is 0 Å². The fraction of sp³-hybridized carbons (Fsp3) is 0.619. The van der Waals surface area contributed by atoms with Crippen molar-refractivity contribution in [2.45, 2.75) is 64.7 Å². The minimum Gasteiger partial charge on any atom is -0.372 e. The second-order valence-electron chi connectivity index (χ2n) is 7.39. The molecule has 1 heterocycles. The molecule has 150 valence electrons. The van der Waals surface area contributed by atoms with E-state index in [4.69, 9.17) is 10.5 Å². The molecule has 2 atom stereocenters. The van der Waals surface area contributed by atoms with Gasteiger partial charge < -0.3 is 20.7 Å². The zero-order valence-electron chi connectivity index (χ0n) is 16.6. The molecule has 6 heteroatoms. The van der Waals surface area contributed by atoms with Gasteiger partial charge in [0.05, 0.1) is 12.2 Å². The monoisotopic (exact) mass is 375 g/mol. The quantitative estimate of drug-likeness (QED) is 0.649. The van der Waals surface area contributed by atoms with Crippen molar-refractivity contribution in [3.05, 3.63) is 35.4 Å². The van der Waals surface area contributed by atoms with E-state index in [9.17, 15) is 9.59 Å². The van der Waals surface area contributed by atoms with Gasteiger partial charge in [0, 0.05) is 31.6 Å². The summed E-state index contributed by atoms with van der Waals surface area (Å²) >= 11 is 0. The second kappa shape index (κ2) is 11.0. The fourth-order valence-corrected chi connectivity index (χ4v) is 3.36. The Morgan fingerprint density at radius 2 is 1.70 bits per heavy atom. The van der Waals surface area contributed by atoms with Crippen molar-refractivity contribution < 1.29 is 14.3 Å². The summed E-state index contributed by atoms with van der Waals surface area (Å²) in [6, 6.07) is 7.48. The smallest absolute Gasteiger partial charge is 0.254 e. The Morgan fingerprint density at radius 3 is 2.33 bits per heavy atom. The van der Waals surface area contributed by atoms with E-state index in [0.29, 0.717) is 38.2 Å².